The molecule has 24 heavy (non-hydrogen) atoms. The first-order valence-corrected chi connectivity index (χ1v) is 7.93. The zero-order valence-corrected chi connectivity index (χ0v) is 14.2. The fourth-order valence-corrected chi connectivity index (χ4v) is 2.76. The van der Waals surface area contributed by atoms with Crippen molar-refractivity contribution < 1.29 is 4.74 Å². The number of aromatic nitrogens is 2. The minimum atomic E-state index is 0.227. The minimum Gasteiger partial charge on any atom is -0.497 e. The average molecular weight is 322 g/mol. The van der Waals surface area contributed by atoms with Gasteiger partial charge in [-0.3, -0.25) is 0 Å². The van der Waals surface area contributed by atoms with Gasteiger partial charge in [0.1, 0.15) is 17.9 Å². The Morgan fingerprint density at radius 2 is 1.79 bits per heavy atom. The highest BCUT2D eigenvalue weighted by molar-refractivity contribution is 5.88. The highest BCUT2D eigenvalue weighted by Gasteiger charge is 2.15. The Bertz CT molecular complexity index is 797. The van der Waals surface area contributed by atoms with Gasteiger partial charge in [-0.05, 0) is 43.9 Å². The Morgan fingerprint density at radius 3 is 2.50 bits per heavy atom. The SMILES string of the molecule is COc1ccc(C(CNc2ncnc3ccccc23)N(C)C)cc1. The Morgan fingerprint density at radius 1 is 1.04 bits per heavy atom. The number of nitrogens with zero attached hydrogens (tertiary/aromatic N) is 3. The molecular formula is C19H22N4O. The van der Waals surface area contributed by atoms with Crippen molar-refractivity contribution in [2.45, 2.75) is 6.04 Å². The van der Waals surface area contributed by atoms with E-state index in [0.717, 1.165) is 29.0 Å². The van der Waals surface area contributed by atoms with Crippen LogP contribution < -0.4 is 10.1 Å². The number of benzene rings is 2. The van der Waals surface area contributed by atoms with Gasteiger partial charge >= 0.3 is 0 Å². The Balaban J connectivity index is 1.80. The molecule has 5 nitrogen and oxygen atoms in total. The topological polar surface area (TPSA) is 50.3 Å². The summed E-state index contributed by atoms with van der Waals surface area (Å²) in [4.78, 5) is 10.9. The van der Waals surface area contributed by atoms with Crippen molar-refractivity contribution in [3.63, 3.8) is 0 Å². The average Bonchev–Trinajstić information content (AvgIpc) is 2.62. The van der Waals surface area contributed by atoms with Gasteiger partial charge in [-0.25, -0.2) is 9.97 Å². The van der Waals surface area contributed by atoms with E-state index in [2.05, 4.69) is 46.4 Å². The predicted octanol–water partition coefficient (Wildman–Crippen LogP) is 3.35. The van der Waals surface area contributed by atoms with Crippen LogP contribution in [-0.2, 0) is 0 Å². The van der Waals surface area contributed by atoms with Gasteiger partial charge in [-0.1, -0.05) is 24.3 Å². The summed E-state index contributed by atoms with van der Waals surface area (Å²) < 4.78 is 5.24. The van der Waals surface area contributed by atoms with Gasteiger partial charge < -0.3 is 15.0 Å². The number of para-hydroxylation sites is 1. The van der Waals surface area contributed by atoms with Crippen LogP contribution in [0.5, 0.6) is 5.75 Å². The van der Waals surface area contributed by atoms with Crippen molar-refractivity contribution >= 4 is 16.7 Å². The number of methoxy groups -OCH3 is 1. The number of rotatable bonds is 6. The van der Waals surface area contributed by atoms with Crippen LogP contribution >= 0.6 is 0 Å². The molecule has 0 amide bonds. The summed E-state index contributed by atoms with van der Waals surface area (Å²) in [5.74, 6) is 1.73. The molecule has 0 bridgehead atoms. The van der Waals surface area contributed by atoms with Gasteiger partial charge in [0.15, 0.2) is 0 Å². The summed E-state index contributed by atoms with van der Waals surface area (Å²) in [6.45, 7) is 0.750. The monoisotopic (exact) mass is 322 g/mol. The van der Waals surface area contributed by atoms with Crippen molar-refractivity contribution in [3.05, 3.63) is 60.4 Å². The van der Waals surface area contributed by atoms with Gasteiger partial charge in [0.2, 0.25) is 0 Å². The van der Waals surface area contributed by atoms with Gasteiger partial charge in [-0.15, -0.1) is 0 Å². The summed E-state index contributed by atoms with van der Waals surface area (Å²) in [5.41, 5.74) is 2.17. The molecule has 1 N–H and O–H groups in total. The molecule has 1 heterocycles. The second-order valence-electron chi connectivity index (χ2n) is 5.87. The van der Waals surface area contributed by atoms with E-state index in [1.807, 2.05) is 36.4 Å². The molecule has 124 valence electrons. The molecule has 1 unspecified atom stereocenters. The van der Waals surface area contributed by atoms with Crippen LogP contribution in [0.3, 0.4) is 0 Å². The van der Waals surface area contributed by atoms with Crippen LogP contribution in [0.1, 0.15) is 11.6 Å². The molecule has 0 aliphatic heterocycles. The number of hydrogen-bond donors (Lipinski definition) is 1. The number of likely N-dealkylation sites (N-methyl/N-ethyl adjacent to an activating group) is 1. The van der Waals surface area contributed by atoms with Crippen LogP contribution in [0.4, 0.5) is 5.82 Å². The maximum atomic E-state index is 5.24. The summed E-state index contributed by atoms with van der Waals surface area (Å²) in [5, 5.41) is 4.51. The standard InChI is InChI=1S/C19H22N4O/c1-23(2)18(14-8-10-15(24-3)11-9-14)12-20-19-16-6-4-5-7-17(16)21-13-22-19/h4-11,13,18H,12H2,1-3H3,(H,20,21,22). The molecular weight excluding hydrogens is 300 g/mol. The molecule has 0 spiro atoms. The zero-order valence-electron chi connectivity index (χ0n) is 14.2. The van der Waals surface area contributed by atoms with E-state index in [-0.39, 0.29) is 6.04 Å². The van der Waals surface area contributed by atoms with E-state index in [1.54, 1.807) is 13.4 Å². The summed E-state index contributed by atoms with van der Waals surface area (Å²) >= 11 is 0. The lowest BCUT2D eigenvalue weighted by molar-refractivity contribution is 0.311. The van der Waals surface area contributed by atoms with Crippen molar-refractivity contribution in [3.8, 4) is 5.75 Å². The van der Waals surface area contributed by atoms with Crippen LogP contribution in [0.2, 0.25) is 0 Å². The largest absolute Gasteiger partial charge is 0.497 e. The number of nitrogens with one attached hydrogen (secondary N) is 1. The van der Waals surface area contributed by atoms with Crippen molar-refractivity contribution in [2.75, 3.05) is 33.1 Å². The summed E-state index contributed by atoms with van der Waals surface area (Å²) in [6.07, 6.45) is 1.60. The van der Waals surface area contributed by atoms with Gasteiger partial charge in [0.05, 0.1) is 18.7 Å². The van der Waals surface area contributed by atoms with Gasteiger partial charge in [-0.2, -0.15) is 0 Å². The maximum absolute atomic E-state index is 5.24. The van der Waals surface area contributed by atoms with Crippen LogP contribution in [0, 0.1) is 0 Å². The smallest absolute Gasteiger partial charge is 0.137 e. The molecule has 0 saturated carbocycles. The summed E-state index contributed by atoms with van der Waals surface area (Å²) in [6, 6.07) is 16.4. The lowest BCUT2D eigenvalue weighted by atomic mass is 10.1. The van der Waals surface area contributed by atoms with Crippen molar-refractivity contribution in [2.24, 2.45) is 0 Å². The zero-order chi connectivity index (χ0) is 16.9. The second-order valence-corrected chi connectivity index (χ2v) is 5.87. The molecule has 0 aliphatic carbocycles. The lowest BCUT2D eigenvalue weighted by Gasteiger charge is -2.25. The third kappa shape index (κ3) is 3.46. The molecule has 1 atom stereocenters. The molecule has 3 rings (SSSR count). The Hall–Kier alpha value is -2.66. The molecule has 0 fully saturated rings. The van der Waals surface area contributed by atoms with Crippen LogP contribution in [0.15, 0.2) is 54.9 Å². The second kappa shape index (κ2) is 7.27. The Labute approximate surface area is 142 Å². The molecule has 3 aromatic rings. The first-order valence-electron chi connectivity index (χ1n) is 7.93. The highest BCUT2D eigenvalue weighted by Crippen LogP contribution is 2.23. The van der Waals surface area contributed by atoms with E-state index in [4.69, 9.17) is 4.74 Å². The predicted molar refractivity (Wildman–Crippen MR) is 97.4 cm³/mol. The quantitative estimate of drug-likeness (QED) is 0.754. The van der Waals surface area contributed by atoms with E-state index >= 15 is 0 Å². The fourth-order valence-electron chi connectivity index (χ4n) is 2.76. The highest BCUT2D eigenvalue weighted by atomic mass is 16.5. The van der Waals surface area contributed by atoms with E-state index in [9.17, 15) is 0 Å². The first kappa shape index (κ1) is 16.2. The maximum Gasteiger partial charge on any atom is 0.137 e. The van der Waals surface area contributed by atoms with Gasteiger partial charge in [0.25, 0.3) is 0 Å². The van der Waals surface area contributed by atoms with Crippen LogP contribution in [0.25, 0.3) is 10.9 Å². The van der Waals surface area contributed by atoms with Crippen molar-refractivity contribution in [1.29, 1.82) is 0 Å². The van der Waals surface area contributed by atoms with E-state index in [0.29, 0.717) is 0 Å². The normalized spacial score (nSPS) is 12.3. The van der Waals surface area contributed by atoms with Crippen LogP contribution in [-0.4, -0.2) is 42.6 Å². The molecule has 2 aromatic carbocycles. The van der Waals surface area contributed by atoms with Gasteiger partial charge in [0, 0.05) is 11.9 Å². The number of hydrogen-bond acceptors (Lipinski definition) is 5. The third-order valence-electron chi connectivity index (χ3n) is 4.13. The van der Waals surface area contributed by atoms with E-state index < -0.39 is 0 Å². The lowest BCUT2D eigenvalue weighted by Crippen LogP contribution is -2.27. The number of fused-ring (bicyclic) bond motifs is 1. The molecule has 1 aromatic heterocycles. The minimum absolute atomic E-state index is 0.227. The summed E-state index contributed by atoms with van der Waals surface area (Å²) in [7, 11) is 5.84. The van der Waals surface area contributed by atoms with E-state index in [1.165, 1.54) is 5.56 Å². The molecule has 0 saturated heterocycles. The Kier molecular flexibility index (Phi) is 4.91. The molecule has 0 aliphatic rings. The molecule has 5 heteroatoms. The number of anilines is 1. The number of ether oxygens (including phenoxy) is 1. The first-order chi connectivity index (χ1) is 11.7. The molecule has 0 radical (unpaired) electrons. The fraction of sp³-hybridized carbons (Fsp3) is 0.263. The van der Waals surface area contributed by atoms with Crippen molar-refractivity contribution in [1.82, 2.24) is 14.9 Å². The third-order valence-corrected chi connectivity index (χ3v) is 4.13.